The molecule has 1 saturated carbocycles. The minimum absolute atomic E-state index is 0.0513. The molecule has 1 aliphatic carbocycles. The lowest BCUT2D eigenvalue weighted by Gasteiger charge is -2.35. The van der Waals surface area contributed by atoms with Crippen molar-refractivity contribution in [1.82, 2.24) is 10.2 Å². The minimum Gasteiger partial charge on any atom is -0.349 e. The molecule has 2 amide bonds. The van der Waals surface area contributed by atoms with Crippen LogP contribution in [-0.4, -0.2) is 43.8 Å². The van der Waals surface area contributed by atoms with E-state index in [-0.39, 0.29) is 45.0 Å². The van der Waals surface area contributed by atoms with E-state index in [1.165, 1.54) is 22.5 Å². The molecule has 10 heteroatoms. The quantitative estimate of drug-likeness (QED) is 0.341. The molecule has 1 aliphatic heterocycles. The van der Waals surface area contributed by atoms with E-state index in [1.54, 1.807) is 24.3 Å². The second-order valence-corrected chi connectivity index (χ2v) is 12.9. The van der Waals surface area contributed by atoms with Crippen LogP contribution < -0.4 is 9.62 Å². The summed E-state index contributed by atoms with van der Waals surface area (Å²) in [6.45, 7) is 0.816. The van der Waals surface area contributed by atoms with Crippen LogP contribution in [0.1, 0.15) is 54.4 Å². The largest absolute Gasteiger partial charge is 0.349 e. The first kappa shape index (κ1) is 28.5. The number of anilines is 1. The maximum Gasteiger partial charge on any atom is 0.264 e. The number of carbonyl (C=O) groups is 2. The van der Waals surface area contributed by atoms with Gasteiger partial charge in [-0.2, -0.15) is 0 Å². The molecule has 1 N–H and O–H groups in total. The van der Waals surface area contributed by atoms with Gasteiger partial charge in [-0.05, 0) is 68.0 Å². The number of para-hydroxylation sites is 1. The highest BCUT2D eigenvalue weighted by molar-refractivity contribution is 7.92. The summed E-state index contributed by atoms with van der Waals surface area (Å²) in [5, 5.41) is 3.49. The van der Waals surface area contributed by atoms with Gasteiger partial charge in [-0.3, -0.25) is 13.9 Å². The SMILES string of the molecule is O=C(NC1CCCC(N2CCCC2=O)C1)c1cc(S(=O)(=O)N(Cc2ccccc2)c2ccccc2Cl)ccc1Cl. The second-order valence-electron chi connectivity index (χ2n) is 10.3. The molecule has 40 heavy (non-hydrogen) atoms. The number of hydrogen-bond acceptors (Lipinski definition) is 4. The van der Waals surface area contributed by atoms with Crippen molar-refractivity contribution in [3.05, 3.63) is 94.0 Å². The number of sulfonamides is 1. The molecule has 3 aromatic carbocycles. The van der Waals surface area contributed by atoms with Crippen LogP contribution in [0.3, 0.4) is 0 Å². The number of likely N-dealkylation sites (tertiary alicyclic amines) is 1. The number of amides is 2. The lowest BCUT2D eigenvalue weighted by molar-refractivity contribution is -0.130. The van der Waals surface area contributed by atoms with Crippen molar-refractivity contribution in [3.8, 4) is 0 Å². The van der Waals surface area contributed by atoms with Gasteiger partial charge in [0.05, 0.1) is 32.7 Å². The monoisotopic (exact) mass is 599 g/mol. The third-order valence-corrected chi connectivity index (χ3v) is 10.00. The number of halogens is 2. The summed E-state index contributed by atoms with van der Waals surface area (Å²) in [5.41, 5.74) is 1.20. The van der Waals surface area contributed by atoms with Gasteiger partial charge in [-0.1, -0.05) is 65.7 Å². The normalized spacial score (nSPS) is 19.4. The third-order valence-electron chi connectivity index (χ3n) is 7.59. The Balaban J connectivity index is 1.40. The van der Waals surface area contributed by atoms with Gasteiger partial charge in [-0.15, -0.1) is 0 Å². The molecule has 1 heterocycles. The summed E-state index contributed by atoms with van der Waals surface area (Å²) in [6, 6.07) is 20.1. The molecule has 1 saturated heterocycles. The Kier molecular flexibility index (Phi) is 8.68. The van der Waals surface area contributed by atoms with Crippen LogP contribution in [0.5, 0.6) is 0 Å². The first-order chi connectivity index (χ1) is 19.2. The molecule has 3 aromatic rings. The van der Waals surface area contributed by atoms with Crippen LogP contribution in [0.25, 0.3) is 0 Å². The summed E-state index contributed by atoms with van der Waals surface area (Å²) in [5.74, 6) is -0.260. The molecule has 2 aliphatic rings. The summed E-state index contributed by atoms with van der Waals surface area (Å²) >= 11 is 12.9. The average Bonchev–Trinajstić information content (AvgIpc) is 3.38. The molecule has 0 bridgehead atoms. The summed E-state index contributed by atoms with van der Waals surface area (Å²) in [6.07, 6.45) is 4.74. The maximum absolute atomic E-state index is 14.0. The second kappa shape index (κ2) is 12.2. The van der Waals surface area contributed by atoms with Gasteiger partial charge in [0.2, 0.25) is 5.91 Å². The Hall–Kier alpha value is -3.07. The van der Waals surface area contributed by atoms with E-state index in [4.69, 9.17) is 23.2 Å². The minimum atomic E-state index is -4.14. The fourth-order valence-electron chi connectivity index (χ4n) is 5.57. The lowest BCUT2D eigenvalue weighted by Crippen LogP contribution is -2.46. The van der Waals surface area contributed by atoms with Crippen molar-refractivity contribution in [2.75, 3.05) is 10.8 Å². The topological polar surface area (TPSA) is 86.8 Å². The number of nitrogens with one attached hydrogen (secondary N) is 1. The standard InChI is InChI=1S/C30H31Cl2N3O4S/c31-26-16-15-24(19-25(26)30(37)33-22-10-6-11-23(18-22)34-17-7-14-29(34)36)40(38,39)35(20-21-8-2-1-3-9-21)28-13-5-4-12-27(28)32/h1-5,8-9,12-13,15-16,19,22-23H,6-7,10-11,14,17-18,20H2,(H,33,37). The van der Waals surface area contributed by atoms with E-state index in [1.807, 2.05) is 35.2 Å². The van der Waals surface area contributed by atoms with Crippen molar-refractivity contribution >= 4 is 50.7 Å². The van der Waals surface area contributed by atoms with Crippen molar-refractivity contribution < 1.29 is 18.0 Å². The molecular formula is C30H31Cl2N3O4S. The number of carbonyl (C=O) groups excluding carboxylic acids is 2. The smallest absolute Gasteiger partial charge is 0.264 e. The van der Waals surface area contributed by atoms with Gasteiger partial charge >= 0.3 is 0 Å². The van der Waals surface area contributed by atoms with Crippen LogP contribution in [0, 0.1) is 0 Å². The van der Waals surface area contributed by atoms with E-state index in [0.29, 0.717) is 18.5 Å². The molecule has 7 nitrogen and oxygen atoms in total. The molecule has 0 radical (unpaired) electrons. The third kappa shape index (κ3) is 6.14. The highest BCUT2D eigenvalue weighted by atomic mass is 35.5. The Bertz CT molecular complexity index is 1500. The van der Waals surface area contributed by atoms with Crippen LogP contribution in [-0.2, 0) is 21.4 Å². The zero-order valence-electron chi connectivity index (χ0n) is 21.9. The Labute approximate surface area is 245 Å². The predicted molar refractivity (Wildman–Crippen MR) is 157 cm³/mol. The van der Waals surface area contributed by atoms with Crippen molar-refractivity contribution in [1.29, 1.82) is 0 Å². The van der Waals surface area contributed by atoms with Gasteiger partial charge in [0.25, 0.3) is 15.9 Å². The average molecular weight is 601 g/mol. The Morgan fingerprint density at radius 1 is 0.950 bits per heavy atom. The number of nitrogens with zero attached hydrogens (tertiary/aromatic N) is 2. The van der Waals surface area contributed by atoms with Gasteiger partial charge in [-0.25, -0.2) is 8.42 Å². The maximum atomic E-state index is 14.0. The number of benzene rings is 3. The fraction of sp³-hybridized carbons (Fsp3) is 0.333. The van der Waals surface area contributed by atoms with E-state index in [2.05, 4.69) is 5.32 Å². The molecule has 2 unspecified atom stereocenters. The molecule has 2 atom stereocenters. The van der Waals surface area contributed by atoms with E-state index < -0.39 is 15.9 Å². The summed E-state index contributed by atoms with van der Waals surface area (Å²) < 4.78 is 29.3. The molecule has 2 fully saturated rings. The Morgan fingerprint density at radius 3 is 2.42 bits per heavy atom. The predicted octanol–water partition coefficient (Wildman–Crippen LogP) is 6.05. The highest BCUT2D eigenvalue weighted by Crippen LogP contribution is 2.33. The molecule has 0 aromatic heterocycles. The van der Waals surface area contributed by atoms with E-state index >= 15 is 0 Å². The van der Waals surface area contributed by atoms with Crippen LogP contribution in [0.2, 0.25) is 10.0 Å². The molecular weight excluding hydrogens is 569 g/mol. The lowest BCUT2D eigenvalue weighted by atomic mass is 9.90. The highest BCUT2D eigenvalue weighted by Gasteiger charge is 2.33. The number of hydrogen-bond donors (Lipinski definition) is 1. The van der Waals surface area contributed by atoms with Crippen molar-refractivity contribution in [2.24, 2.45) is 0 Å². The zero-order valence-corrected chi connectivity index (χ0v) is 24.3. The van der Waals surface area contributed by atoms with E-state index in [0.717, 1.165) is 37.8 Å². The van der Waals surface area contributed by atoms with Gasteiger partial charge < -0.3 is 10.2 Å². The molecule has 0 spiro atoms. The molecule has 210 valence electrons. The Morgan fingerprint density at radius 2 is 1.70 bits per heavy atom. The van der Waals surface area contributed by atoms with Crippen molar-refractivity contribution in [3.63, 3.8) is 0 Å². The van der Waals surface area contributed by atoms with Gasteiger partial charge in [0.1, 0.15) is 0 Å². The van der Waals surface area contributed by atoms with Crippen LogP contribution in [0.4, 0.5) is 5.69 Å². The van der Waals surface area contributed by atoms with Gasteiger partial charge in [0.15, 0.2) is 0 Å². The number of rotatable bonds is 8. The first-order valence-electron chi connectivity index (χ1n) is 13.4. The van der Waals surface area contributed by atoms with Crippen molar-refractivity contribution in [2.45, 2.75) is 62.0 Å². The van der Waals surface area contributed by atoms with Gasteiger partial charge in [0, 0.05) is 25.0 Å². The van der Waals surface area contributed by atoms with Crippen LogP contribution >= 0.6 is 23.2 Å². The molecule has 5 rings (SSSR count). The first-order valence-corrected chi connectivity index (χ1v) is 15.6. The zero-order chi connectivity index (χ0) is 28.3. The summed E-state index contributed by atoms with van der Waals surface area (Å²) in [7, 11) is -4.14. The van der Waals surface area contributed by atoms with Crippen LogP contribution in [0.15, 0.2) is 77.7 Å². The van der Waals surface area contributed by atoms with E-state index in [9.17, 15) is 18.0 Å². The summed E-state index contributed by atoms with van der Waals surface area (Å²) in [4.78, 5) is 27.5. The fourth-order valence-corrected chi connectivity index (χ4v) is 7.56.